The number of rotatable bonds is 4. The van der Waals surface area contributed by atoms with Crippen molar-refractivity contribution >= 4 is 34.2 Å². The van der Waals surface area contributed by atoms with E-state index in [9.17, 15) is 4.79 Å². The first-order chi connectivity index (χ1) is 10.7. The molecule has 0 saturated heterocycles. The molecule has 0 aliphatic carbocycles. The van der Waals surface area contributed by atoms with E-state index in [1.165, 1.54) is 4.90 Å². The fourth-order valence-electron chi connectivity index (χ4n) is 2.41. The Bertz CT molecular complexity index is 833. The molecule has 2 N–H and O–H groups in total. The number of anilines is 3. The zero-order chi connectivity index (χ0) is 15.5. The number of carbonyl (C=O) groups excluding carboxylic acids is 1. The second-order valence-electron chi connectivity index (χ2n) is 4.76. The highest BCUT2D eigenvalue weighted by Crippen LogP contribution is 2.34. The van der Waals surface area contributed by atoms with Crippen molar-refractivity contribution in [1.29, 1.82) is 0 Å². The van der Waals surface area contributed by atoms with Gasteiger partial charge in [0.15, 0.2) is 0 Å². The van der Waals surface area contributed by atoms with E-state index >= 15 is 0 Å². The van der Waals surface area contributed by atoms with Gasteiger partial charge in [-0.15, -0.1) is 0 Å². The minimum atomic E-state index is 0.492. The van der Waals surface area contributed by atoms with Crippen LogP contribution in [0.1, 0.15) is 0 Å². The maximum absolute atomic E-state index is 11.7. The number of methoxy groups -OCH3 is 1. The minimum absolute atomic E-state index is 0.492. The second kappa shape index (κ2) is 5.73. The van der Waals surface area contributed by atoms with E-state index in [2.05, 4.69) is 4.98 Å². The molecule has 0 unspecified atom stereocenters. The number of pyridine rings is 1. The quantitative estimate of drug-likeness (QED) is 0.593. The third-order valence-corrected chi connectivity index (χ3v) is 3.49. The van der Waals surface area contributed by atoms with E-state index in [-0.39, 0.29) is 0 Å². The van der Waals surface area contributed by atoms with Crippen molar-refractivity contribution in [2.45, 2.75) is 0 Å². The lowest BCUT2D eigenvalue weighted by Gasteiger charge is -2.21. The Kier molecular flexibility index (Phi) is 3.62. The van der Waals surface area contributed by atoms with Crippen molar-refractivity contribution in [2.24, 2.45) is 0 Å². The summed E-state index contributed by atoms with van der Waals surface area (Å²) in [5, 5.41) is 1.78. The van der Waals surface area contributed by atoms with Crippen LogP contribution in [0.4, 0.5) is 17.1 Å². The summed E-state index contributed by atoms with van der Waals surface area (Å²) >= 11 is 0. The van der Waals surface area contributed by atoms with Crippen molar-refractivity contribution in [2.75, 3.05) is 17.7 Å². The zero-order valence-corrected chi connectivity index (χ0v) is 12.1. The topological polar surface area (TPSA) is 68.5 Å². The number of para-hydroxylation sites is 2. The molecule has 3 rings (SSSR count). The monoisotopic (exact) mass is 293 g/mol. The normalized spacial score (nSPS) is 10.4. The average molecular weight is 293 g/mol. The highest BCUT2D eigenvalue weighted by Gasteiger charge is 2.14. The average Bonchev–Trinajstić information content (AvgIpc) is 2.57. The Morgan fingerprint density at radius 1 is 1.14 bits per heavy atom. The highest BCUT2D eigenvalue weighted by atomic mass is 16.5. The largest absolute Gasteiger partial charge is 0.481 e. The number of amides is 1. The number of aromatic nitrogens is 1. The molecule has 0 bridgehead atoms. The SMILES string of the molecule is COc1cc2c(N(C=O)c3ccccc3N)cccc2cn1. The molecule has 5 heteroatoms. The van der Waals surface area contributed by atoms with Gasteiger partial charge in [-0.25, -0.2) is 4.98 Å². The Morgan fingerprint density at radius 3 is 2.64 bits per heavy atom. The summed E-state index contributed by atoms with van der Waals surface area (Å²) in [5.41, 5.74) is 7.90. The van der Waals surface area contributed by atoms with Crippen molar-refractivity contribution < 1.29 is 9.53 Å². The van der Waals surface area contributed by atoms with Gasteiger partial charge in [0.25, 0.3) is 0 Å². The molecule has 22 heavy (non-hydrogen) atoms. The lowest BCUT2D eigenvalue weighted by atomic mass is 10.1. The number of hydrogen-bond donors (Lipinski definition) is 1. The highest BCUT2D eigenvalue weighted by molar-refractivity contribution is 6.03. The molecule has 2 aromatic carbocycles. The van der Waals surface area contributed by atoms with Gasteiger partial charge in [0.05, 0.1) is 24.2 Å². The van der Waals surface area contributed by atoms with Gasteiger partial charge < -0.3 is 10.5 Å². The molecule has 1 amide bonds. The van der Waals surface area contributed by atoms with Crippen LogP contribution in [0.25, 0.3) is 10.8 Å². The first-order valence-corrected chi connectivity index (χ1v) is 6.76. The van der Waals surface area contributed by atoms with Gasteiger partial charge in [0.2, 0.25) is 12.3 Å². The molecule has 0 aliphatic heterocycles. The van der Waals surface area contributed by atoms with E-state index in [0.717, 1.165) is 22.9 Å². The van der Waals surface area contributed by atoms with E-state index < -0.39 is 0 Å². The van der Waals surface area contributed by atoms with Crippen molar-refractivity contribution in [3.63, 3.8) is 0 Å². The summed E-state index contributed by atoms with van der Waals surface area (Å²) in [7, 11) is 1.56. The number of hydrogen-bond acceptors (Lipinski definition) is 4. The molecule has 1 heterocycles. The molecular formula is C17H15N3O2. The lowest BCUT2D eigenvalue weighted by molar-refractivity contribution is -0.106. The second-order valence-corrected chi connectivity index (χ2v) is 4.76. The fourth-order valence-corrected chi connectivity index (χ4v) is 2.41. The van der Waals surface area contributed by atoms with Crippen LogP contribution >= 0.6 is 0 Å². The molecule has 3 aromatic rings. The van der Waals surface area contributed by atoms with Crippen LogP contribution in [-0.4, -0.2) is 18.5 Å². The third kappa shape index (κ3) is 2.33. The summed E-state index contributed by atoms with van der Waals surface area (Å²) in [6.45, 7) is 0. The maximum Gasteiger partial charge on any atom is 0.218 e. The predicted octanol–water partition coefficient (Wildman–Crippen LogP) is 3.12. The van der Waals surface area contributed by atoms with Crippen LogP contribution in [0.15, 0.2) is 54.7 Å². The molecule has 0 spiro atoms. The standard InChI is InChI=1S/C17H15N3O2/c1-22-17-9-13-12(10-19-17)5-4-8-15(13)20(11-21)16-7-3-2-6-14(16)18/h2-11H,18H2,1H3. The predicted molar refractivity (Wildman–Crippen MR) is 87.4 cm³/mol. The van der Waals surface area contributed by atoms with E-state index in [4.69, 9.17) is 10.5 Å². The maximum atomic E-state index is 11.7. The van der Waals surface area contributed by atoms with Gasteiger partial charge in [-0.2, -0.15) is 0 Å². The van der Waals surface area contributed by atoms with E-state index in [0.29, 0.717) is 17.3 Å². The third-order valence-electron chi connectivity index (χ3n) is 3.49. The van der Waals surface area contributed by atoms with Crippen LogP contribution in [0.5, 0.6) is 5.88 Å². The van der Waals surface area contributed by atoms with Crippen molar-refractivity contribution in [1.82, 2.24) is 4.98 Å². The minimum Gasteiger partial charge on any atom is -0.481 e. The Hall–Kier alpha value is -3.08. The van der Waals surface area contributed by atoms with E-state index in [1.807, 2.05) is 30.3 Å². The first kappa shape index (κ1) is 13.9. The number of carbonyl (C=O) groups is 1. The van der Waals surface area contributed by atoms with Gasteiger partial charge in [-0.3, -0.25) is 9.69 Å². The Morgan fingerprint density at radius 2 is 1.91 bits per heavy atom. The molecule has 0 atom stereocenters. The lowest BCUT2D eigenvalue weighted by Crippen LogP contribution is -2.16. The molecule has 0 fully saturated rings. The fraction of sp³-hybridized carbons (Fsp3) is 0.0588. The van der Waals surface area contributed by atoms with Crippen LogP contribution in [0.3, 0.4) is 0 Å². The molecule has 110 valence electrons. The van der Waals surface area contributed by atoms with Gasteiger partial charge in [0.1, 0.15) is 0 Å². The van der Waals surface area contributed by atoms with Gasteiger partial charge >= 0.3 is 0 Å². The van der Waals surface area contributed by atoms with Crippen molar-refractivity contribution in [3.05, 3.63) is 54.7 Å². The van der Waals surface area contributed by atoms with E-state index in [1.54, 1.807) is 31.5 Å². The number of benzene rings is 2. The van der Waals surface area contributed by atoms with Crippen LogP contribution in [0.2, 0.25) is 0 Å². The number of nitrogens with two attached hydrogens (primary N) is 1. The van der Waals surface area contributed by atoms with Crippen LogP contribution in [-0.2, 0) is 4.79 Å². The molecule has 5 nitrogen and oxygen atoms in total. The first-order valence-electron chi connectivity index (χ1n) is 6.76. The van der Waals surface area contributed by atoms with Crippen LogP contribution in [0, 0.1) is 0 Å². The molecule has 0 saturated carbocycles. The Labute approximate surface area is 127 Å². The number of nitrogen functional groups attached to an aromatic ring is 1. The molecule has 0 radical (unpaired) electrons. The molecule has 1 aromatic heterocycles. The van der Waals surface area contributed by atoms with Gasteiger partial charge in [-0.1, -0.05) is 24.3 Å². The summed E-state index contributed by atoms with van der Waals surface area (Å²) in [4.78, 5) is 17.4. The van der Waals surface area contributed by atoms with Crippen LogP contribution < -0.4 is 15.4 Å². The van der Waals surface area contributed by atoms with Crippen molar-refractivity contribution in [3.8, 4) is 5.88 Å². The van der Waals surface area contributed by atoms with Gasteiger partial charge in [-0.05, 0) is 18.2 Å². The number of ether oxygens (including phenoxy) is 1. The number of nitrogens with zero attached hydrogens (tertiary/aromatic N) is 2. The summed E-state index contributed by atoms with van der Waals surface area (Å²) in [6.07, 6.45) is 2.47. The Balaban J connectivity index is 2.23. The summed E-state index contributed by atoms with van der Waals surface area (Å²) in [5.74, 6) is 0.492. The summed E-state index contributed by atoms with van der Waals surface area (Å²) < 4.78 is 5.18. The molecular weight excluding hydrogens is 278 g/mol. The summed E-state index contributed by atoms with van der Waals surface area (Å²) in [6, 6.07) is 14.7. The smallest absolute Gasteiger partial charge is 0.218 e. The zero-order valence-electron chi connectivity index (χ0n) is 12.1. The molecule has 0 aliphatic rings. The van der Waals surface area contributed by atoms with Gasteiger partial charge in [0, 0.05) is 23.0 Å². The number of fused-ring (bicyclic) bond motifs is 1.